The summed E-state index contributed by atoms with van der Waals surface area (Å²) in [6.07, 6.45) is -5.35. The lowest BCUT2D eigenvalue weighted by Crippen LogP contribution is -2.45. The second-order valence-corrected chi connectivity index (χ2v) is 13.9. The van der Waals surface area contributed by atoms with E-state index in [4.69, 9.17) is 0 Å². The zero-order valence-corrected chi connectivity index (χ0v) is 29.9. The van der Waals surface area contributed by atoms with Gasteiger partial charge in [-0.05, 0) is 49.4 Å². The summed E-state index contributed by atoms with van der Waals surface area (Å²) < 4.78 is 86.3. The molecular formula is C40H33F6N8O2+. The van der Waals surface area contributed by atoms with Crippen molar-refractivity contribution in [1.29, 1.82) is 0 Å². The Balaban J connectivity index is 1.23. The van der Waals surface area contributed by atoms with E-state index in [0.717, 1.165) is 59.8 Å². The van der Waals surface area contributed by atoms with Crippen LogP contribution in [0.2, 0.25) is 0 Å². The van der Waals surface area contributed by atoms with Crippen molar-refractivity contribution < 1.29 is 40.6 Å². The van der Waals surface area contributed by atoms with Crippen LogP contribution < -0.4 is 15.3 Å². The van der Waals surface area contributed by atoms with Crippen molar-refractivity contribution in [2.45, 2.75) is 49.5 Å². The van der Waals surface area contributed by atoms with E-state index in [0.29, 0.717) is 17.7 Å². The van der Waals surface area contributed by atoms with Gasteiger partial charge in [-0.3, -0.25) is 24.2 Å². The van der Waals surface area contributed by atoms with Gasteiger partial charge in [0.05, 0.1) is 17.3 Å². The molecular weight excluding hydrogens is 738 g/mol. The number of carbonyl (C=O) groups is 2. The van der Waals surface area contributed by atoms with E-state index in [1.165, 1.54) is 12.1 Å². The van der Waals surface area contributed by atoms with Crippen molar-refractivity contribution in [1.82, 2.24) is 24.4 Å². The van der Waals surface area contributed by atoms with E-state index < -0.39 is 35.6 Å². The van der Waals surface area contributed by atoms with Gasteiger partial charge in [-0.25, -0.2) is 0 Å². The summed E-state index contributed by atoms with van der Waals surface area (Å²) in [4.78, 5) is 35.0. The van der Waals surface area contributed by atoms with Crippen molar-refractivity contribution in [3.63, 3.8) is 0 Å². The van der Waals surface area contributed by atoms with Crippen LogP contribution in [-0.2, 0) is 26.4 Å². The average Bonchev–Trinajstić information content (AvgIpc) is 4.10. The fraction of sp³-hybridized carbons (Fsp3) is 0.250. The number of carbonyl (C=O) groups excluding carboxylic acids is 2. The van der Waals surface area contributed by atoms with Gasteiger partial charge in [0, 0.05) is 53.4 Å². The third kappa shape index (κ3) is 6.90. The first-order valence-corrected chi connectivity index (χ1v) is 17.7. The number of nitrogens with zero attached hydrogens (tertiary/aromatic N) is 6. The number of alkyl halides is 6. The summed E-state index contributed by atoms with van der Waals surface area (Å²) in [5, 5.41) is 9.86. The number of anilines is 2. The van der Waals surface area contributed by atoms with Gasteiger partial charge in [-0.15, -0.1) is 9.36 Å². The van der Waals surface area contributed by atoms with Crippen LogP contribution in [0.3, 0.4) is 0 Å². The quantitative estimate of drug-likeness (QED) is 0.114. The molecule has 10 nitrogen and oxygen atoms in total. The summed E-state index contributed by atoms with van der Waals surface area (Å²) >= 11 is 0. The van der Waals surface area contributed by atoms with E-state index in [1.807, 2.05) is 65.3 Å². The monoisotopic (exact) mass is 771 g/mol. The van der Waals surface area contributed by atoms with E-state index >= 15 is 0 Å². The molecule has 2 fully saturated rings. The fourth-order valence-electron chi connectivity index (χ4n) is 7.43. The van der Waals surface area contributed by atoms with E-state index in [9.17, 15) is 35.9 Å². The number of amides is 2. The molecule has 2 atom stereocenters. The summed E-state index contributed by atoms with van der Waals surface area (Å²) in [6, 6.07) is 22.6. The van der Waals surface area contributed by atoms with Crippen LogP contribution in [0.25, 0.3) is 22.5 Å². The van der Waals surface area contributed by atoms with E-state index in [-0.39, 0.29) is 40.6 Å². The van der Waals surface area contributed by atoms with E-state index in [2.05, 4.69) is 25.7 Å². The van der Waals surface area contributed by atoms with Gasteiger partial charge < -0.3 is 10.6 Å². The minimum atomic E-state index is -4.72. The maximum Gasteiger partial charge on any atom is 0.433 e. The van der Waals surface area contributed by atoms with Crippen LogP contribution in [0.1, 0.15) is 80.6 Å². The lowest BCUT2D eigenvalue weighted by Gasteiger charge is -2.11. The number of nitrogens with one attached hydrogen (secondary N) is 2. The van der Waals surface area contributed by atoms with Crippen LogP contribution in [0, 0.1) is 0 Å². The highest BCUT2D eigenvalue weighted by molar-refractivity contribution is 6.05. The Kier molecular flexibility index (Phi) is 9.00. The zero-order valence-electron chi connectivity index (χ0n) is 29.9. The van der Waals surface area contributed by atoms with Gasteiger partial charge in [-0.2, -0.15) is 31.4 Å². The normalized spacial score (nSPS) is 16.8. The SMILES string of the molecule is Cn1nc(C(=O)Nc2ccnc(C(F)(F)F)c2)c(C2CC2n2c(-c3ccccc3)c(C3CC3)c(C(=O)Nc3ccnc(C(F)(F)F)c3)[n+]2C)c1-c1ccccc1. The van der Waals surface area contributed by atoms with Crippen molar-refractivity contribution in [2.75, 3.05) is 10.6 Å². The topological polar surface area (TPSA) is 111 Å². The summed E-state index contributed by atoms with van der Waals surface area (Å²) in [7, 11) is 3.42. The molecule has 0 spiro atoms. The highest BCUT2D eigenvalue weighted by atomic mass is 19.4. The van der Waals surface area contributed by atoms with Gasteiger partial charge in [0.15, 0.2) is 12.7 Å². The predicted molar refractivity (Wildman–Crippen MR) is 192 cm³/mol. The molecule has 2 N–H and O–H groups in total. The predicted octanol–water partition coefficient (Wildman–Crippen LogP) is 8.32. The van der Waals surface area contributed by atoms with Gasteiger partial charge in [0.2, 0.25) is 0 Å². The molecule has 286 valence electrons. The Hall–Kier alpha value is -6.32. The Morgan fingerprint density at radius 2 is 1.25 bits per heavy atom. The molecule has 2 amide bonds. The van der Waals surface area contributed by atoms with Crippen LogP contribution in [0.5, 0.6) is 0 Å². The van der Waals surface area contributed by atoms with Gasteiger partial charge in [-0.1, -0.05) is 60.7 Å². The minimum absolute atomic E-state index is 0.0142. The molecule has 2 aliphatic carbocycles. The zero-order chi connectivity index (χ0) is 39.5. The average molecular weight is 772 g/mol. The number of rotatable bonds is 9. The lowest BCUT2D eigenvalue weighted by atomic mass is 10.00. The summed E-state index contributed by atoms with van der Waals surface area (Å²) in [5.74, 6) is -1.64. The first-order chi connectivity index (χ1) is 26.7. The molecule has 2 saturated carbocycles. The smallest absolute Gasteiger partial charge is 0.320 e. The van der Waals surface area contributed by atoms with Crippen LogP contribution in [-0.4, -0.2) is 36.2 Å². The molecule has 2 aliphatic rings. The highest BCUT2D eigenvalue weighted by Crippen LogP contribution is 2.57. The Bertz CT molecular complexity index is 2470. The van der Waals surface area contributed by atoms with Gasteiger partial charge >= 0.3 is 18.3 Å². The third-order valence-electron chi connectivity index (χ3n) is 10.0. The number of hydrogen-bond donors (Lipinski definition) is 2. The molecule has 0 saturated heterocycles. The maximum absolute atomic E-state index is 14.2. The van der Waals surface area contributed by atoms with Crippen molar-refractivity contribution in [2.24, 2.45) is 14.1 Å². The molecule has 6 aromatic rings. The number of pyridine rings is 2. The van der Waals surface area contributed by atoms with E-state index in [1.54, 1.807) is 23.5 Å². The molecule has 0 aliphatic heterocycles. The number of aromatic nitrogens is 6. The molecule has 0 bridgehead atoms. The van der Waals surface area contributed by atoms with Gasteiger partial charge in [0.1, 0.15) is 17.1 Å². The Morgan fingerprint density at radius 3 is 1.77 bits per heavy atom. The number of benzene rings is 2. The summed E-state index contributed by atoms with van der Waals surface area (Å²) in [6.45, 7) is 0. The third-order valence-corrected chi connectivity index (χ3v) is 10.0. The number of halogens is 6. The molecule has 8 rings (SSSR count). The second kappa shape index (κ2) is 13.8. The first-order valence-electron chi connectivity index (χ1n) is 17.7. The lowest BCUT2D eigenvalue weighted by molar-refractivity contribution is -0.754. The van der Waals surface area contributed by atoms with Crippen LogP contribution >= 0.6 is 0 Å². The molecule has 4 aromatic heterocycles. The molecule has 4 heterocycles. The fourth-order valence-corrected chi connectivity index (χ4v) is 7.43. The maximum atomic E-state index is 14.2. The molecule has 0 radical (unpaired) electrons. The first kappa shape index (κ1) is 36.6. The van der Waals surface area contributed by atoms with Gasteiger partial charge in [0.25, 0.3) is 11.6 Å². The van der Waals surface area contributed by atoms with Crippen LogP contribution in [0.15, 0.2) is 97.3 Å². The van der Waals surface area contributed by atoms with Crippen molar-refractivity contribution in [3.05, 3.63) is 131 Å². The number of hydrogen-bond acceptors (Lipinski definition) is 5. The van der Waals surface area contributed by atoms with Crippen molar-refractivity contribution >= 4 is 23.2 Å². The second-order valence-electron chi connectivity index (χ2n) is 13.9. The molecule has 2 aromatic carbocycles. The van der Waals surface area contributed by atoms with Crippen LogP contribution in [0.4, 0.5) is 37.7 Å². The molecule has 2 unspecified atom stereocenters. The minimum Gasteiger partial charge on any atom is -0.320 e. The Labute approximate surface area is 315 Å². The molecule has 56 heavy (non-hydrogen) atoms. The van der Waals surface area contributed by atoms with Crippen molar-refractivity contribution in [3.8, 4) is 22.5 Å². The molecule has 16 heteroatoms. The number of aryl methyl sites for hydroxylation is 1. The standard InChI is InChI=1S/C40H32F6N8O2/c1-52-34(23-9-5-3-6-10-23)32(33(51-52)37(55)49-25-15-17-47-29(19-25)39(41,42)43)27-21-28(27)54-35(24-11-7-4-8-12-24)31(22-13-14-22)36(53(54)2)38(56)50-26-16-18-48-30(20-26)40(44,45)46/h3-12,15-20,22,27-28H,13-14,21H2,1-2H3,(H-,47,48,49,50,55,56)/p+1. The Morgan fingerprint density at radius 1 is 0.732 bits per heavy atom. The largest absolute Gasteiger partial charge is 0.433 e. The summed E-state index contributed by atoms with van der Waals surface area (Å²) in [5.41, 5.74) is 2.19. The highest BCUT2D eigenvalue weighted by Gasteiger charge is 2.53.